The number of nitrogens with one attached hydrogen (secondary N) is 4. The average molecular weight is 569 g/mol. The molecular formula is C34H40N4O4. The summed E-state index contributed by atoms with van der Waals surface area (Å²) in [6.07, 6.45) is 10.2. The van der Waals surface area contributed by atoms with Crippen LogP contribution >= 0.6 is 0 Å². The predicted molar refractivity (Wildman–Crippen MR) is 167 cm³/mol. The van der Waals surface area contributed by atoms with Crippen molar-refractivity contribution in [3.8, 4) is 0 Å². The van der Waals surface area contributed by atoms with E-state index in [4.69, 9.17) is 0 Å². The Morgan fingerprint density at radius 2 is 1.40 bits per heavy atom. The first-order chi connectivity index (χ1) is 20.0. The van der Waals surface area contributed by atoms with Gasteiger partial charge in [0.1, 0.15) is 0 Å². The molecule has 2 unspecified atom stereocenters. The zero-order valence-electron chi connectivity index (χ0n) is 24.8. The van der Waals surface area contributed by atoms with Crippen molar-refractivity contribution < 1.29 is 19.8 Å². The van der Waals surface area contributed by atoms with Crippen LogP contribution in [0.1, 0.15) is 78.1 Å². The first-order valence-corrected chi connectivity index (χ1v) is 14.5. The van der Waals surface area contributed by atoms with Crippen LogP contribution in [-0.4, -0.2) is 44.2 Å². The number of carboxylic acids is 2. The molecule has 2 atom stereocenters. The van der Waals surface area contributed by atoms with Crippen LogP contribution in [0.15, 0.2) is 52.9 Å². The van der Waals surface area contributed by atoms with Crippen molar-refractivity contribution in [1.29, 1.82) is 0 Å². The zero-order chi connectivity index (χ0) is 30.3. The Hall–Kier alpha value is -4.46. The lowest BCUT2D eigenvalue weighted by molar-refractivity contribution is -0.138. The number of fused-ring (bicyclic) bond motifs is 8. The van der Waals surface area contributed by atoms with Gasteiger partial charge in [-0.15, -0.1) is 0 Å². The number of aromatic nitrogens is 2. The highest BCUT2D eigenvalue weighted by Gasteiger charge is 2.31. The molecule has 3 aliphatic heterocycles. The Morgan fingerprint density at radius 3 is 2.07 bits per heavy atom. The number of aromatic amines is 2. The van der Waals surface area contributed by atoms with Gasteiger partial charge in [-0.2, -0.15) is 0 Å². The van der Waals surface area contributed by atoms with Gasteiger partial charge in [0, 0.05) is 59.9 Å². The van der Waals surface area contributed by atoms with E-state index in [1.54, 1.807) is 0 Å². The molecule has 0 saturated carbocycles. The fourth-order valence-electron chi connectivity index (χ4n) is 6.64. The third kappa shape index (κ3) is 5.29. The van der Waals surface area contributed by atoms with E-state index in [-0.39, 0.29) is 24.9 Å². The van der Waals surface area contributed by atoms with E-state index in [0.29, 0.717) is 25.7 Å². The molecule has 8 nitrogen and oxygen atoms in total. The van der Waals surface area contributed by atoms with Gasteiger partial charge >= 0.3 is 11.9 Å². The molecule has 42 heavy (non-hydrogen) atoms. The SMILES string of the molecule is C=CC1=C(C)C2Cc3[nH]c(c(CCC(=O)O)c3C)/C=C3\NC(Cc4[nH]c(c(C)c4C=C)/C=C/1N2)C(C)=C3CCC(=O)O. The van der Waals surface area contributed by atoms with E-state index in [1.807, 2.05) is 18.2 Å². The van der Waals surface area contributed by atoms with Crippen LogP contribution in [0.25, 0.3) is 18.2 Å². The Balaban J connectivity index is 1.70. The molecule has 2 aromatic rings. The lowest BCUT2D eigenvalue weighted by atomic mass is 9.96. The van der Waals surface area contributed by atoms with Crippen LogP contribution in [0.3, 0.4) is 0 Å². The van der Waals surface area contributed by atoms with Crippen molar-refractivity contribution >= 4 is 30.2 Å². The van der Waals surface area contributed by atoms with E-state index in [2.05, 4.69) is 67.5 Å². The molecule has 0 spiro atoms. The van der Waals surface area contributed by atoms with Gasteiger partial charge in [0.05, 0.1) is 12.1 Å². The second kappa shape index (κ2) is 11.4. The Kier molecular flexibility index (Phi) is 7.91. The summed E-state index contributed by atoms with van der Waals surface area (Å²) < 4.78 is 0. The number of rotatable bonds is 8. The zero-order valence-corrected chi connectivity index (χ0v) is 24.8. The summed E-state index contributed by atoms with van der Waals surface area (Å²) in [6.45, 7) is 16.5. The van der Waals surface area contributed by atoms with Gasteiger partial charge in [0.2, 0.25) is 0 Å². The molecule has 3 aliphatic rings. The summed E-state index contributed by atoms with van der Waals surface area (Å²) in [4.78, 5) is 30.4. The number of allylic oxidation sites excluding steroid dienone is 2. The van der Waals surface area contributed by atoms with Crippen LogP contribution in [-0.2, 0) is 28.9 Å². The number of hydrogen-bond acceptors (Lipinski definition) is 4. The van der Waals surface area contributed by atoms with Crippen LogP contribution in [0.2, 0.25) is 0 Å². The summed E-state index contributed by atoms with van der Waals surface area (Å²) in [6, 6.07) is 0.00117. The Labute approximate surface area is 246 Å². The molecule has 8 bridgehead atoms. The van der Waals surface area contributed by atoms with Crippen LogP contribution in [0.4, 0.5) is 0 Å². The molecule has 0 radical (unpaired) electrons. The Bertz CT molecular complexity index is 1620. The van der Waals surface area contributed by atoms with Gasteiger partial charge in [0.25, 0.3) is 0 Å². The minimum atomic E-state index is -0.842. The largest absolute Gasteiger partial charge is 0.481 e. The normalized spacial score (nSPS) is 22.2. The van der Waals surface area contributed by atoms with Crippen molar-refractivity contribution in [2.45, 2.75) is 78.3 Å². The topological polar surface area (TPSA) is 130 Å². The maximum atomic E-state index is 11.6. The summed E-state index contributed by atoms with van der Waals surface area (Å²) in [5.74, 6) is -1.68. The average Bonchev–Trinajstić information content (AvgIpc) is 3.59. The number of carbonyl (C=O) groups is 2. The molecule has 0 aliphatic carbocycles. The number of aliphatic carboxylic acids is 2. The van der Waals surface area contributed by atoms with Crippen molar-refractivity contribution in [2.24, 2.45) is 0 Å². The van der Waals surface area contributed by atoms with Crippen molar-refractivity contribution in [2.75, 3.05) is 0 Å². The van der Waals surface area contributed by atoms with E-state index in [0.717, 1.165) is 73.1 Å². The van der Waals surface area contributed by atoms with Crippen molar-refractivity contribution in [3.05, 3.63) is 97.9 Å². The molecule has 0 aromatic carbocycles. The highest BCUT2D eigenvalue weighted by atomic mass is 16.4. The monoisotopic (exact) mass is 568 g/mol. The van der Waals surface area contributed by atoms with E-state index >= 15 is 0 Å². The summed E-state index contributed by atoms with van der Waals surface area (Å²) in [5, 5.41) is 26.4. The minimum Gasteiger partial charge on any atom is -0.481 e. The van der Waals surface area contributed by atoms with Gasteiger partial charge < -0.3 is 30.8 Å². The van der Waals surface area contributed by atoms with Crippen molar-refractivity contribution in [3.63, 3.8) is 0 Å². The molecule has 0 amide bonds. The van der Waals surface area contributed by atoms with Crippen LogP contribution in [0.5, 0.6) is 0 Å². The summed E-state index contributed by atoms with van der Waals surface area (Å²) in [5.41, 5.74) is 14.5. The first-order valence-electron chi connectivity index (χ1n) is 14.5. The van der Waals surface area contributed by atoms with Gasteiger partial charge in [0.15, 0.2) is 0 Å². The lowest BCUT2D eigenvalue weighted by Gasteiger charge is -2.15. The van der Waals surface area contributed by atoms with Gasteiger partial charge in [-0.3, -0.25) is 9.59 Å². The maximum Gasteiger partial charge on any atom is 0.303 e. The fourth-order valence-corrected chi connectivity index (χ4v) is 6.64. The smallest absolute Gasteiger partial charge is 0.303 e. The molecule has 220 valence electrons. The molecule has 0 fully saturated rings. The van der Waals surface area contributed by atoms with Crippen LogP contribution < -0.4 is 10.6 Å². The van der Waals surface area contributed by atoms with Gasteiger partial charge in [-0.05, 0) is 97.2 Å². The van der Waals surface area contributed by atoms with Gasteiger partial charge in [-0.1, -0.05) is 25.3 Å². The number of carboxylic acid groups (broad SMARTS) is 2. The highest BCUT2D eigenvalue weighted by Crippen LogP contribution is 2.36. The quantitative estimate of drug-likeness (QED) is 0.241. The van der Waals surface area contributed by atoms with E-state index in [9.17, 15) is 19.8 Å². The third-order valence-corrected chi connectivity index (χ3v) is 9.14. The predicted octanol–water partition coefficient (Wildman–Crippen LogP) is 5.73. The standard InChI is InChI=1S/C34H40N4O4/c1-7-21-17(3)25-13-26-19(5)23(9-11-33(39)40)31(37-26)16-32-24(10-12-34(41)42)20(6)28(38-32)15-30-22(8-2)18(4)27(36-30)14-29(21)35-25/h7-8,14,16,25,28,35-38H,1-2,9-13,15H2,3-6H3,(H,39,40)(H,41,42)/b29-14-,32-16-. The first kappa shape index (κ1) is 29.0. The number of H-pyrrole nitrogens is 2. The molecule has 2 aromatic heterocycles. The Morgan fingerprint density at radius 1 is 0.810 bits per heavy atom. The summed E-state index contributed by atoms with van der Waals surface area (Å²) >= 11 is 0. The van der Waals surface area contributed by atoms with Crippen molar-refractivity contribution in [1.82, 2.24) is 20.6 Å². The van der Waals surface area contributed by atoms with Crippen LogP contribution in [0, 0.1) is 13.8 Å². The highest BCUT2D eigenvalue weighted by molar-refractivity contribution is 5.72. The molecule has 5 heterocycles. The second-order valence-electron chi connectivity index (χ2n) is 11.5. The van der Waals surface area contributed by atoms with E-state index < -0.39 is 11.9 Å². The third-order valence-electron chi connectivity index (χ3n) is 9.14. The minimum absolute atomic E-state index is 0.0256. The lowest BCUT2D eigenvalue weighted by Crippen LogP contribution is -2.26. The molecule has 0 saturated heterocycles. The van der Waals surface area contributed by atoms with Gasteiger partial charge in [-0.25, -0.2) is 0 Å². The summed E-state index contributed by atoms with van der Waals surface area (Å²) in [7, 11) is 0. The maximum absolute atomic E-state index is 11.6. The van der Waals surface area contributed by atoms with E-state index in [1.165, 1.54) is 5.57 Å². The molecule has 6 N–H and O–H groups in total. The molecule has 5 rings (SSSR count). The number of hydrogen-bond donors (Lipinski definition) is 6. The fraction of sp³-hybridized carbons (Fsp3) is 0.353. The molecular weight excluding hydrogens is 528 g/mol. The molecule has 8 heteroatoms. The second-order valence-corrected chi connectivity index (χ2v) is 11.5.